The highest BCUT2D eigenvalue weighted by atomic mass is 79.9. The Balaban J connectivity index is 1.71. The number of alkyl halides is 2. The van der Waals surface area contributed by atoms with Gasteiger partial charge in [0.05, 0.1) is 20.5 Å². The number of imide groups is 1. The first kappa shape index (κ1) is 17.1. The second-order valence-corrected chi connectivity index (χ2v) is 10.7. The van der Waals surface area contributed by atoms with Gasteiger partial charge in [0, 0.05) is 11.6 Å². The number of carbonyl (C=O) groups is 2. The van der Waals surface area contributed by atoms with Crippen LogP contribution in [-0.4, -0.2) is 16.8 Å². The monoisotopic (exact) mass is 514 g/mol. The number of hydrogen-bond acceptors (Lipinski definition) is 4. The zero-order chi connectivity index (χ0) is 19.3. The van der Waals surface area contributed by atoms with E-state index >= 15 is 0 Å². The highest BCUT2D eigenvalue weighted by molar-refractivity contribution is 9.10. The van der Waals surface area contributed by atoms with E-state index in [4.69, 9.17) is 0 Å². The summed E-state index contributed by atoms with van der Waals surface area (Å²) in [5, 5.41) is 2.22. The molecule has 4 aliphatic rings. The molecule has 3 aliphatic carbocycles. The number of anilines is 1. The summed E-state index contributed by atoms with van der Waals surface area (Å²) in [6.07, 6.45) is 1.62. The number of rotatable bonds is 1. The summed E-state index contributed by atoms with van der Waals surface area (Å²) in [5.74, 6) is -1.49. The van der Waals surface area contributed by atoms with Crippen LogP contribution in [0.4, 0.5) is 5.13 Å². The Bertz CT molecular complexity index is 1060. The fourth-order valence-electron chi connectivity index (χ4n) is 5.18. The van der Waals surface area contributed by atoms with E-state index < -0.39 is 20.5 Å². The fourth-order valence-corrected chi connectivity index (χ4v) is 8.14. The molecule has 0 spiro atoms. The highest BCUT2D eigenvalue weighted by Crippen LogP contribution is 2.70. The van der Waals surface area contributed by atoms with Gasteiger partial charge in [-0.05, 0) is 22.3 Å². The van der Waals surface area contributed by atoms with Crippen molar-refractivity contribution in [1.82, 2.24) is 4.98 Å². The molecule has 0 saturated carbocycles. The summed E-state index contributed by atoms with van der Waals surface area (Å²) < 4.78 is -1.50. The molecular weight excluding hydrogens is 504 g/mol. The third-order valence-corrected chi connectivity index (χ3v) is 9.65. The van der Waals surface area contributed by atoms with Crippen molar-refractivity contribution in [3.63, 3.8) is 0 Å². The predicted octanol–water partition coefficient (Wildman–Crippen LogP) is 4.55. The first-order chi connectivity index (χ1) is 13.5. The molecule has 3 aromatic rings. The van der Waals surface area contributed by atoms with Crippen LogP contribution in [0, 0.1) is 11.8 Å². The maximum atomic E-state index is 13.6. The van der Waals surface area contributed by atoms with Gasteiger partial charge in [-0.2, -0.15) is 0 Å². The molecule has 7 rings (SSSR count). The summed E-state index contributed by atoms with van der Waals surface area (Å²) in [6.45, 7) is 0. The maximum Gasteiger partial charge on any atom is 0.241 e. The second-order valence-electron chi connectivity index (χ2n) is 7.30. The number of halogens is 2. The second kappa shape index (κ2) is 5.40. The largest absolute Gasteiger partial charge is 0.274 e. The third-order valence-electron chi connectivity index (χ3n) is 6.20. The molecule has 1 saturated heterocycles. The van der Waals surface area contributed by atoms with Crippen molar-refractivity contribution in [2.24, 2.45) is 11.8 Å². The minimum atomic E-state index is -0.751. The van der Waals surface area contributed by atoms with Crippen LogP contribution in [0.3, 0.4) is 0 Å². The number of thiazole rings is 1. The SMILES string of the molecule is O=C1[C@H]2[C@H](C(=O)N1c1nccs1)C1(Br)c3ccccc3C2(Br)c2ccccc21. The normalized spacial score (nSPS) is 32.3. The van der Waals surface area contributed by atoms with Crippen molar-refractivity contribution in [3.05, 3.63) is 82.4 Å². The van der Waals surface area contributed by atoms with Gasteiger partial charge in [0.2, 0.25) is 11.8 Å². The Morgan fingerprint density at radius 3 is 1.61 bits per heavy atom. The lowest BCUT2D eigenvalue weighted by Crippen LogP contribution is -2.56. The minimum Gasteiger partial charge on any atom is -0.274 e. The van der Waals surface area contributed by atoms with E-state index in [0.29, 0.717) is 5.13 Å². The fraction of sp³-hybridized carbons (Fsp3) is 0.190. The average Bonchev–Trinajstić information content (AvgIpc) is 3.32. The van der Waals surface area contributed by atoms with Crippen LogP contribution in [0.15, 0.2) is 60.1 Å². The summed E-state index contributed by atoms with van der Waals surface area (Å²) in [6, 6.07) is 16.1. The number of hydrogen-bond donors (Lipinski definition) is 0. The molecule has 28 heavy (non-hydrogen) atoms. The summed E-state index contributed by atoms with van der Waals surface area (Å²) in [4.78, 5) is 32.8. The van der Waals surface area contributed by atoms with E-state index in [2.05, 4.69) is 61.1 Å². The Morgan fingerprint density at radius 2 is 1.25 bits per heavy atom. The molecule has 2 amide bonds. The molecule has 2 aromatic carbocycles. The standard InChI is InChI=1S/C21H12Br2N2O2S/c22-20-11-5-1-2-6-12(11)21(23,14-8-4-3-7-13(14)20)16-15(20)17(26)25(18(16)27)19-24-9-10-28-19/h1-10,15-16H/t15-,16-,20?,21?/m1/s1. The molecule has 0 radical (unpaired) electrons. The number of aromatic nitrogens is 1. The van der Waals surface area contributed by atoms with E-state index in [1.807, 2.05) is 24.3 Å². The maximum absolute atomic E-state index is 13.6. The predicted molar refractivity (Wildman–Crippen MR) is 114 cm³/mol. The van der Waals surface area contributed by atoms with Crippen LogP contribution in [0.2, 0.25) is 0 Å². The van der Waals surface area contributed by atoms with E-state index in [0.717, 1.165) is 22.3 Å². The van der Waals surface area contributed by atoms with Gasteiger partial charge in [-0.3, -0.25) is 9.59 Å². The van der Waals surface area contributed by atoms with E-state index in [1.165, 1.54) is 16.2 Å². The first-order valence-electron chi connectivity index (χ1n) is 8.85. The molecule has 2 atom stereocenters. The van der Waals surface area contributed by atoms with Gasteiger partial charge in [0.25, 0.3) is 0 Å². The van der Waals surface area contributed by atoms with Crippen LogP contribution in [0.25, 0.3) is 0 Å². The molecule has 2 heterocycles. The van der Waals surface area contributed by atoms with Gasteiger partial charge in [0.15, 0.2) is 5.13 Å². The molecule has 1 fully saturated rings. The van der Waals surface area contributed by atoms with Crippen molar-refractivity contribution < 1.29 is 9.59 Å². The van der Waals surface area contributed by atoms with Gasteiger partial charge in [-0.15, -0.1) is 11.3 Å². The van der Waals surface area contributed by atoms with Crippen LogP contribution in [0.1, 0.15) is 22.3 Å². The Kier molecular flexibility index (Phi) is 3.29. The Labute approximate surface area is 181 Å². The molecule has 1 aromatic heterocycles. The average molecular weight is 516 g/mol. The quantitative estimate of drug-likeness (QED) is 0.353. The van der Waals surface area contributed by atoms with Crippen molar-refractivity contribution in [1.29, 1.82) is 0 Å². The zero-order valence-corrected chi connectivity index (χ0v) is 18.3. The minimum absolute atomic E-state index is 0.199. The molecular formula is C21H12Br2N2O2S. The van der Waals surface area contributed by atoms with Crippen molar-refractivity contribution in [2.45, 2.75) is 8.65 Å². The molecule has 2 bridgehead atoms. The number of amides is 2. The van der Waals surface area contributed by atoms with E-state index in [-0.39, 0.29) is 11.8 Å². The molecule has 0 unspecified atom stereocenters. The van der Waals surface area contributed by atoms with Gasteiger partial charge in [-0.25, -0.2) is 9.88 Å². The van der Waals surface area contributed by atoms with Crippen LogP contribution >= 0.6 is 43.2 Å². The lowest BCUT2D eigenvalue weighted by Gasteiger charge is -2.55. The number of nitrogens with zero attached hydrogens (tertiary/aromatic N) is 2. The van der Waals surface area contributed by atoms with Gasteiger partial charge < -0.3 is 0 Å². The van der Waals surface area contributed by atoms with Crippen LogP contribution in [0.5, 0.6) is 0 Å². The number of carbonyl (C=O) groups excluding carboxylic acids is 2. The molecule has 0 N–H and O–H groups in total. The van der Waals surface area contributed by atoms with E-state index in [1.54, 1.807) is 11.6 Å². The van der Waals surface area contributed by atoms with Crippen LogP contribution < -0.4 is 4.90 Å². The van der Waals surface area contributed by atoms with Crippen molar-refractivity contribution in [2.75, 3.05) is 4.90 Å². The Hall–Kier alpha value is -1.83. The summed E-state index contributed by atoms with van der Waals surface area (Å²) in [7, 11) is 0. The lowest BCUT2D eigenvalue weighted by atomic mass is 9.54. The van der Waals surface area contributed by atoms with Crippen molar-refractivity contribution >= 4 is 60.1 Å². The first-order valence-corrected chi connectivity index (χ1v) is 11.3. The molecule has 4 nitrogen and oxygen atoms in total. The van der Waals surface area contributed by atoms with Crippen molar-refractivity contribution in [3.8, 4) is 0 Å². The van der Waals surface area contributed by atoms with E-state index in [9.17, 15) is 9.59 Å². The smallest absolute Gasteiger partial charge is 0.241 e. The third kappa shape index (κ3) is 1.71. The Morgan fingerprint density at radius 1 is 0.821 bits per heavy atom. The zero-order valence-electron chi connectivity index (χ0n) is 14.3. The summed E-state index contributed by atoms with van der Waals surface area (Å²) >= 11 is 9.27. The van der Waals surface area contributed by atoms with Gasteiger partial charge in [0.1, 0.15) is 0 Å². The highest BCUT2D eigenvalue weighted by Gasteiger charge is 2.72. The number of benzene rings is 2. The topological polar surface area (TPSA) is 50.3 Å². The molecule has 138 valence electrons. The lowest BCUT2D eigenvalue weighted by molar-refractivity contribution is -0.122. The molecule has 1 aliphatic heterocycles. The molecule has 7 heteroatoms. The van der Waals surface area contributed by atoms with Gasteiger partial charge in [-0.1, -0.05) is 80.4 Å². The summed E-state index contributed by atoms with van der Waals surface area (Å²) in [5.41, 5.74) is 4.14. The van der Waals surface area contributed by atoms with Crippen LogP contribution in [-0.2, 0) is 18.2 Å². The van der Waals surface area contributed by atoms with Gasteiger partial charge >= 0.3 is 0 Å².